The molecule has 0 saturated heterocycles. The molecule has 3 rings (SSSR count). The summed E-state index contributed by atoms with van der Waals surface area (Å²) in [4.78, 5) is 0. The maximum atomic E-state index is 3.61. The van der Waals surface area contributed by atoms with Crippen molar-refractivity contribution in [3.05, 3.63) is 48.0 Å². The van der Waals surface area contributed by atoms with Crippen molar-refractivity contribution in [1.82, 2.24) is 5.32 Å². The molecule has 100 valence electrons. The molecule has 1 saturated carbocycles. The summed E-state index contributed by atoms with van der Waals surface area (Å²) in [7, 11) is 0. The van der Waals surface area contributed by atoms with Gasteiger partial charge in [-0.15, -0.1) is 0 Å². The van der Waals surface area contributed by atoms with E-state index in [1.54, 1.807) is 0 Å². The summed E-state index contributed by atoms with van der Waals surface area (Å²) < 4.78 is 0. The van der Waals surface area contributed by atoms with E-state index in [2.05, 4.69) is 54.7 Å². The first-order valence-corrected chi connectivity index (χ1v) is 7.50. The molecule has 0 unspecified atom stereocenters. The lowest BCUT2D eigenvalue weighted by Crippen LogP contribution is -2.26. The van der Waals surface area contributed by atoms with Crippen LogP contribution in [-0.4, -0.2) is 13.1 Å². The molecule has 1 aliphatic rings. The molecule has 0 bridgehead atoms. The highest BCUT2D eigenvalue weighted by Gasteiger charge is 2.42. The van der Waals surface area contributed by atoms with Crippen molar-refractivity contribution in [3.8, 4) is 0 Å². The van der Waals surface area contributed by atoms with Gasteiger partial charge in [0.05, 0.1) is 0 Å². The first kappa shape index (κ1) is 12.7. The molecule has 0 radical (unpaired) electrons. The van der Waals surface area contributed by atoms with E-state index in [1.165, 1.54) is 48.6 Å². The topological polar surface area (TPSA) is 12.0 Å². The van der Waals surface area contributed by atoms with Gasteiger partial charge in [-0.05, 0) is 54.0 Å². The average Bonchev–Trinajstić information content (AvgIpc) is 3.20. The van der Waals surface area contributed by atoms with E-state index < -0.39 is 0 Å². The van der Waals surface area contributed by atoms with E-state index in [0.29, 0.717) is 5.41 Å². The third-order valence-corrected chi connectivity index (χ3v) is 4.33. The molecule has 1 nitrogen and oxygen atoms in total. The summed E-state index contributed by atoms with van der Waals surface area (Å²) in [6.07, 6.45) is 5.22. The number of fused-ring (bicyclic) bond motifs is 1. The van der Waals surface area contributed by atoms with Crippen molar-refractivity contribution in [3.63, 3.8) is 0 Å². The lowest BCUT2D eigenvalue weighted by Gasteiger charge is -2.17. The summed E-state index contributed by atoms with van der Waals surface area (Å²) in [5.74, 6) is 0. The Morgan fingerprint density at radius 2 is 1.84 bits per heavy atom. The Balaban J connectivity index is 1.78. The molecule has 0 atom stereocenters. The lowest BCUT2D eigenvalue weighted by molar-refractivity contribution is 0.457. The third-order valence-electron chi connectivity index (χ3n) is 4.33. The highest BCUT2D eigenvalue weighted by Crippen LogP contribution is 2.48. The van der Waals surface area contributed by atoms with Gasteiger partial charge in [-0.1, -0.05) is 49.4 Å². The molecule has 0 spiro atoms. The Labute approximate surface area is 116 Å². The van der Waals surface area contributed by atoms with Crippen LogP contribution in [0.3, 0.4) is 0 Å². The molecular formula is C18H23N. The second-order valence-corrected chi connectivity index (χ2v) is 5.99. The van der Waals surface area contributed by atoms with E-state index >= 15 is 0 Å². The SMILES string of the molecule is CCCNCC1(Cc2cccc3ccccc23)CC1. The van der Waals surface area contributed by atoms with Crippen LogP contribution in [0, 0.1) is 5.41 Å². The second-order valence-electron chi connectivity index (χ2n) is 5.99. The Bertz CT molecular complexity index is 549. The zero-order valence-electron chi connectivity index (χ0n) is 11.8. The summed E-state index contributed by atoms with van der Waals surface area (Å²) in [5, 5.41) is 6.42. The molecule has 19 heavy (non-hydrogen) atoms. The Kier molecular flexibility index (Phi) is 3.56. The quantitative estimate of drug-likeness (QED) is 0.762. The molecule has 0 amide bonds. The Morgan fingerprint density at radius 1 is 1.05 bits per heavy atom. The minimum atomic E-state index is 0.541. The van der Waals surface area contributed by atoms with Crippen LogP contribution >= 0.6 is 0 Å². The van der Waals surface area contributed by atoms with Gasteiger partial charge in [0.2, 0.25) is 0 Å². The second kappa shape index (κ2) is 5.34. The number of hydrogen-bond acceptors (Lipinski definition) is 1. The molecular weight excluding hydrogens is 230 g/mol. The minimum absolute atomic E-state index is 0.541. The van der Waals surface area contributed by atoms with Crippen molar-refractivity contribution in [2.75, 3.05) is 13.1 Å². The molecule has 2 aromatic carbocycles. The normalized spacial score (nSPS) is 16.7. The van der Waals surface area contributed by atoms with Crippen molar-refractivity contribution in [2.24, 2.45) is 5.41 Å². The van der Waals surface area contributed by atoms with E-state index in [-0.39, 0.29) is 0 Å². The molecule has 1 heteroatoms. The lowest BCUT2D eigenvalue weighted by atomic mass is 9.92. The van der Waals surface area contributed by atoms with Gasteiger partial charge in [-0.3, -0.25) is 0 Å². The predicted octanol–water partition coefficient (Wildman–Crippen LogP) is 4.16. The van der Waals surface area contributed by atoms with Crippen molar-refractivity contribution in [1.29, 1.82) is 0 Å². The average molecular weight is 253 g/mol. The molecule has 0 aromatic heterocycles. The number of hydrogen-bond donors (Lipinski definition) is 1. The van der Waals surface area contributed by atoms with E-state index in [9.17, 15) is 0 Å². The van der Waals surface area contributed by atoms with Gasteiger partial charge in [0.15, 0.2) is 0 Å². The molecule has 0 heterocycles. The highest BCUT2D eigenvalue weighted by atomic mass is 14.9. The Hall–Kier alpha value is -1.34. The molecule has 2 aromatic rings. The zero-order valence-corrected chi connectivity index (χ0v) is 11.8. The number of nitrogens with one attached hydrogen (secondary N) is 1. The van der Waals surface area contributed by atoms with Crippen LogP contribution in [0.4, 0.5) is 0 Å². The monoisotopic (exact) mass is 253 g/mol. The van der Waals surface area contributed by atoms with Crippen LogP contribution in [0.5, 0.6) is 0 Å². The molecule has 0 aliphatic heterocycles. The van der Waals surface area contributed by atoms with Crippen molar-refractivity contribution >= 4 is 10.8 Å². The summed E-state index contributed by atoms with van der Waals surface area (Å²) >= 11 is 0. The van der Waals surface area contributed by atoms with E-state index in [0.717, 1.165) is 6.54 Å². The smallest absolute Gasteiger partial charge is 0.00110 e. The third kappa shape index (κ3) is 2.82. The van der Waals surface area contributed by atoms with Crippen LogP contribution in [0.25, 0.3) is 10.8 Å². The molecule has 1 aliphatic carbocycles. The van der Waals surface area contributed by atoms with Crippen LogP contribution < -0.4 is 5.32 Å². The van der Waals surface area contributed by atoms with Gasteiger partial charge in [-0.2, -0.15) is 0 Å². The van der Waals surface area contributed by atoms with Gasteiger partial charge < -0.3 is 5.32 Å². The fourth-order valence-electron chi connectivity index (χ4n) is 2.97. The van der Waals surface area contributed by atoms with Crippen LogP contribution in [-0.2, 0) is 6.42 Å². The minimum Gasteiger partial charge on any atom is -0.316 e. The zero-order chi connectivity index (χ0) is 13.1. The van der Waals surface area contributed by atoms with E-state index in [1.807, 2.05) is 0 Å². The molecule has 1 fully saturated rings. The van der Waals surface area contributed by atoms with Gasteiger partial charge in [0.25, 0.3) is 0 Å². The number of rotatable bonds is 6. The summed E-state index contributed by atoms with van der Waals surface area (Å²) in [5.41, 5.74) is 2.06. The molecule has 1 N–H and O–H groups in total. The van der Waals surface area contributed by atoms with Crippen LogP contribution in [0.1, 0.15) is 31.7 Å². The van der Waals surface area contributed by atoms with Gasteiger partial charge >= 0.3 is 0 Å². The maximum absolute atomic E-state index is 3.61. The predicted molar refractivity (Wildman–Crippen MR) is 82.5 cm³/mol. The fourth-order valence-corrected chi connectivity index (χ4v) is 2.97. The maximum Gasteiger partial charge on any atom is 0.00110 e. The summed E-state index contributed by atoms with van der Waals surface area (Å²) in [6, 6.07) is 15.5. The standard InChI is InChI=1S/C18H23N/c1-2-12-19-14-18(10-11-18)13-16-8-5-7-15-6-3-4-9-17(15)16/h3-9,19H,2,10-14H2,1H3. The van der Waals surface area contributed by atoms with Gasteiger partial charge in [-0.25, -0.2) is 0 Å². The first-order chi connectivity index (χ1) is 9.33. The van der Waals surface area contributed by atoms with Gasteiger partial charge in [0, 0.05) is 6.54 Å². The fraction of sp³-hybridized carbons (Fsp3) is 0.444. The van der Waals surface area contributed by atoms with Crippen LogP contribution in [0.2, 0.25) is 0 Å². The Morgan fingerprint density at radius 3 is 2.63 bits per heavy atom. The summed E-state index contributed by atoms with van der Waals surface area (Å²) in [6.45, 7) is 4.57. The van der Waals surface area contributed by atoms with E-state index in [4.69, 9.17) is 0 Å². The van der Waals surface area contributed by atoms with Crippen molar-refractivity contribution in [2.45, 2.75) is 32.6 Å². The van der Waals surface area contributed by atoms with Crippen LogP contribution in [0.15, 0.2) is 42.5 Å². The number of benzene rings is 2. The first-order valence-electron chi connectivity index (χ1n) is 7.50. The highest BCUT2D eigenvalue weighted by molar-refractivity contribution is 5.85. The van der Waals surface area contributed by atoms with Gasteiger partial charge in [0.1, 0.15) is 0 Å². The van der Waals surface area contributed by atoms with Crippen molar-refractivity contribution < 1.29 is 0 Å². The largest absolute Gasteiger partial charge is 0.316 e.